The topological polar surface area (TPSA) is 40.5 Å². The summed E-state index contributed by atoms with van der Waals surface area (Å²) >= 11 is 0. The maximum atomic E-state index is 11.2. The summed E-state index contributed by atoms with van der Waals surface area (Å²) in [6, 6.07) is -0.251. The van der Waals surface area contributed by atoms with Gasteiger partial charge in [-0.25, -0.2) is 0 Å². The molecular weight excluding hydrogens is 202 g/mol. The maximum Gasteiger partial charge on any atom is 0.320 e. The zero-order valence-corrected chi connectivity index (χ0v) is 11.0. The van der Waals surface area contributed by atoms with Crippen molar-refractivity contribution in [3.63, 3.8) is 0 Å². The van der Waals surface area contributed by atoms with Crippen LogP contribution in [0, 0.1) is 11.3 Å². The molecule has 0 bridgehead atoms. The molecule has 1 fully saturated rings. The quantitative estimate of drug-likeness (QED) is 0.785. The van der Waals surface area contributed by atoms with E-state index in [1.165, 1.54) is 0 Å². The van der Waals surface area contributed by atoms with Crippen LogP contribution in [0.4, 0.5) is 0 Å². The molecule has 0 aromatic heterocycles. The summed E-state index contributed by atoms with van der Waals surface area (Å²) in [5, 5.41) is 9.18. The summed E-state index contributed by atoms with van der Waals surface area (Å²) in [5.74, 6) is -0.00298. The van der Waals surface area contributed by atoms with Crippen molar-refractivity contribution < 1.29 is 9.90 Å². The van der Waals surface area contributed by atoms with Gasteiger partial charge < -0.3 is 5.11 Å². The van der Waals surface area contributed by atoms with E-state index < -0.39 is 5.97 Å². The second kappa shape index (κ2) is 5.17. The number of carboxylic acids is 1. The Hall–Kier alpha value is -0.570. The van der Waals surface area contributed by atoms with E-state index in [1.807, 2.05) is 0 Å². The predicted octanol–water partition coefficient (Wildman–Crippen LogP) is 2.61. The summed E-state index contributed by atoms with van der Waals surface area (Å²) in [7, 11) is 0. The van der Waals surface area contributed by atoms with Crippen LogP contribution in [0.3, 0.4) is 0 Å². The molecular formula is C13H25NO2. The van der Waals surface area contributed by atoms with Gasteiger partial charge >= 0.3 is 5.97 Å². The lowest BCUT2D eigenvalue weighted by Gasteiger charge is -2.48. The number of rotatable bonds is 5. The highest BCUT2D eigenvalue weighted by Crippen LogP contribution is 2.35. The van der Waals surface area contributed by atoms with E-state index in [4.69, 9.17) is 0 Å². The maximum absolute atomic E-state index is 11.2. The third kappa shape index (κ3) is 3.21. The van der Waals surface area contributed by atoms with Gasteiger partial charge in [0.2, 0.25) is 0 Å². The van der Waals surface area contributed by atoms with Crippen LogP contribution in [0.5, 0.6) is 0 Å². The molecule has 0 aliphatic carbocycles. The first kappa shape index (κ1) is 13.5. The summed E-state index contributed by atoms with van der Waals surface area (Å²) in [4.78, 5) is 13.3. The molecule has 0 spiro atoms. The second-order valence-corrected chi connectivity index (χ2v) is 6.01. The fourth-order valence-corrected chi connectivity index (χ4v) is 2.17. The lowest BCUT2D eigenvalue weighted by atomic mass is 9.75. The Bertz CT molecular complexity index is 239. The molecule has 3 heteroatoms. The number of hydrogen-bond donors (Lipinski definition) is 1. The first-order valence-electron chi connectivity index (χ1n) is 6.33. The van der Waals surface area contributed by atoms with Crippen LogP contribution in [0.25, 0.3) is 0 Å². The van der Waals surface area contributed by atoms with Crippen molar-refractivity contribution in [1.82, 2.24) is 4.90 Å². The lowest BCUT2D eigenvalue weighted by Crippen LogP contribution is -2.58. The van der Waals surface area contributed by atoms with Crippen LogP contribution < -0.4 is 0 Å². The zero-order valence-electron chi connectivity index (χ0n) is 11.0. The number of likely N-dealkylation sites (tertiary alicyclic amines) is 1. The molecule has 1 aliphatic heterocycles. The molecule has 16 heavy (non-hydrogen) atoms. The van der Waals surface area contributed by atoms with Gasteiger partial charge in [-0.2, -0.15) is 0 Å². The molecule has 1 aliphatic rings. The molecule has 3 nitrogen and oxygen atoms in total. The van der Waals surface area contributed by atoms with Crippen LogP contribution in [0.2, 0.25) is 0 Å². The molecule has 0 amide bonds. The first-order valence-corrected chi connectivity index (χ1v) is 6.33. The van der Waals surface area contributed by atoms with Crippen molar-refractivity contribution in [1.29, 1.82) is 0 Å². The Kier molecular flexibility index (Phi) is 4.36. The molecule has 1 N–H and O–H groups in total. The fraction of sp³-hybridized carbons (Fsp3) is 0.923. The number of nitrogens with zero attached hydrogens (tertiary/aromatic N) is 1. The Balaban J connectivity index is 2.43. The largest absolute Gasteiger partial charge is 0.480 e. The highest BCUT2D eigenvalue weighted by molar-refractivity contribution is 5.73. The molecule has 0 aromatic rings. The Morgan fingerprint density at radius 3 is 2.38 bits per heavy atom. The van der Waals surface area contributed by atoms with Gasteiger partial charge in [-0.3, -0.25) is 9.69 Å². The van der Waals surface area contributed by atoms with E-state index in [1.54, 1.807) is 0 Å². The smallest absolute Gasteiger partial charge is 0.320 e. The van der Waals surface area contributed by atoms with Gasteiger partial charge in [-0.15, -0.1) is 0 Å². The van der Waals surface area contributed by atoms with E-state index in [2.05, 4.69) is 32.6 Å². The SMILES string of the molecule is CCCCC(C(=O)O)N1CC(C(C)(C)C)C1. The molecule has 1 saturated heterocycles. The van der Waals surface area contributed by atoms with E-state index in [-0.39, 0.29) is 6.04 Å². The van der Waals surface area contributed by atoms with Crippen LogP contribution in [0.1, 0.15) is 47.0 Å². The molecule has 1 atom stereocenters. The highest BCUT2D eigenvalue weighted by Gasteiger charge is 2.40. The van der Waals surface area contributed by atoms with Crippen LogP contribution in [-0.2, 0) is 4.79 Å². The number of carboxylic acid groups (broad SMARTS) is 1. The van der Waals surface area contributed by atoms with Gasteiger partial charge in [0.25, 0.3) is 0 Å². The van der Waals surface area contributed by atoms with Crippen molar-refractivity contribution in [2.45, 2.75) is 53.0 Å². The Morgan fingerprint density at radius 1 is 1.44 bits per heavy atom. The van der Waals surface area contributed by atoms with E-state index in [0.717, 1.165) is 32.4 Å². The van der Waals surface area contributed by atoms with Gasteiger partial charge in [0.15, 0.2) is 0 Å². The summed E-state index contributed by atoms with van der Waals surface area (Å²) in [5.41, 5.74) is 0.310. The minimum absolute atomic E-state index is 0.251. The van der Waals surface area contributed by atoms with Crippen molar-refractivity contribution in [3.8, 4) is 0 Å². The fourth-order valence-electron chi connectivity index (χ4n) is 2.17. The average molecular weight is 227 g/mol. The summed E-state index contributed by atoms with van der Waals surface area (Å²) in [6.07, 6.45) is 2.87. The standard InChI is InChI=1S/C13H25NO2/c1-5-6-7-11(12(15)16)14-8-10(9-14)13(2,3)4/h10-11H,5-9H2,1-4H3,(H,15,16). The Morgan fingerprint density at radius 2 is 2.00 bits per heavy atom. The van der Waals surface area contributed by atoms with Gasteiger partial charge in [0.1, 0.15) is 6.04 Å². The van der Waals surface area contributed by atoms with Crippen LogP contribution in [0.15, 0.2) is 0 Å². The van der Waals surface area contributed by atoms with Gasteiger partial charge in [0, 0.05) is 13.1 Å². The molecule has 94 valence electrons. The molecule has 0 saturated carbocycles. The number of unbranched alkanes of at least 4 members (excludes halogenated alkanes) is 1. The van der Waals surface area contributed by atoms with Crippen LogP contribution >= 0.6 is 0 Å². The molecule has 1 heterocycles. The zero-order chi connectivity index (χ0) is 12.3. The van der Waals surface area contributed by atoms with Gasteiger partial charge in [-0.05, 0) is 17.8 Å². The minimum atomic E-state index is -0.652. The van der Waals surface area contributed by atoms with Crippen molar-refractivity contribution in [2.24, 2.45) is 11.3 Å². The first-order chi connectivity index (χ1) is 7.36. The van der Waals surface area contributed by atoms with E-state index >= 15 is 0 Å². The number of aliphatic carboxylic acids is 1. The van der Waals surface area contributed by atoms with Crippen LogP contribution in [-0.4, -0.2) is 35.1 Å². The minimum Gasteiger partial charge on any atom is -0.480 e. The molecule has 1 unspecified atom stereocenters. The number of hydrogen-bond acceptors (Lipinski definition) is 2. The normalized spacial score (nSPS) is 20.5. The summed E-state index contributed by atoms with van der Waals surface area (Å²) < 4.78 is 0. The lowest BCUT2D eigenvalue weighted by molar-refractivity contribution is -0.148. The third-order valence-corrected chi connectivity index (χ3v) is 3.69. The predicted molar refractivity (Wildman–Crippen MR) is 65.5 cm³/mol. The van der Waals surface area contributed by atoms with Gasteiger partial charge in [0.05, 0.1) is 0 Å². The highest BCUT2D eigenvalue weighted by atomic mass is 16.4. The molecule has 0 radical (unpaired) electrons. The Labute approximate surface area is 98.8 Å². The second-order valence-electron chi connectivity index (χ2n) is 6.01. The molecule has 0 aromatic carbocycles. The number of carbonyl (C=O) groups is 1. The van der Waals surface area contributed by atoms with Gasteiger partial charge in [-0.1, -0.05) is 40.5 Å². The molecule has 1 rings (SSSR count). The van der Waals surface area contributed by atoms with E-state index in [9.17, 15) is 9.90 Å². The van der Waals surface area contributed by atoms with E-state index in [0.29, 0.717) is 11.3 Å². The van der Waals surface area contributed by atoms with Crippen molar-refractivity contribution in [3.05, 3.63) is 0 Å². The van der Waals surface area contributed by atoms with Crippen molar-refractivity contribution in [2.75, 3.05) is 13.1 Å². The summed E-state index contributed by atoms with van der Waals surface area (Å²) in [6.45, 7) is 10.7. The monoisotopic (exact) mass is 227 g/mol. The van der Waals surface area contributed by atoms with Crippen molar-refractivity contribution >= 4 is 5.97 Å². The third-order valence-electron chi connectivity index (χ3n) is 3.69. The average Bonchev–Trinajstić information content (AvgIpc) is 2.05.